The summed E-state index contributed by atoms with van der Waals surface area (Å²) >= 11 is 0. The molecule has 0 aliphatic carbocycles. The van der Waals surface area contributed by atoms with Crippen LogP contribution in [0.3, 0.4) is 0 Å². The molecule has 0 saturated heterocycles. The lowest BCUT2D eigenvalue weighted by Gasteiger charge is -2.14. The lowest BCUT2D eigenvalue weighted by molar-refractivity contribution is 0.0978. The van der Waals surface area contributed by atoms with Gasteiger partial charge in [-0.05, 0) is 34.7 Å². The maximum atomic E-state index is 12.9. The normalized spacial score (nSPS) is 12.5. The summed E-state index contributed by atoms with van der Waals surface area (Å²) in [4.78, 5) is 12.9. The maximum Gasteiger partial charge on any atom is 0.163 e. The molecular weight excluding hydrogens is 380 g/mol. The molecule has 0 aliphatic heterocycles. The molecule has 0 amide bonds. The Kier molecular flexibility index (Phi) is 8.00. The summed E-state index contributed by atoms with van der Waals surface area (Å²) in [5.74, 6) is 1.51. The van der Waals surface area contributed by atoms with Gasteiger partial charge in [-0.1, -0.05) is 105 Å². The number of ketones is 1. The number of hydrogen-bond donors (Lipinski definition) is 0. The largest absolute Gasteiger partial charge is 0.497 e. The van der Waals surface area contributed by atoms with E-state index in [0.29, 0.717) is 12.3 Å². The molecule has 0 bridgehead atoms. The number of methoxy groups -OCH3 is 1. The van der Waals surface area contributed by atoms with Gasteiger partial charge in [0, 0.05) is 17.9 Å². The Hall–Kier alpha value is -3.39. The zero-order chi connectivity index (χ0) is 22.1. The number of ether oxygens (including phenoxy) is 1. The van der Waals surface area contributed by atoms with Crippen LogP contribution in [-0.4, -0.2) is 12.9 Å². The van der Waals surface area contributed by atoms with E-state index in [1.54, 1.807) is 7.11 Å². The highest BCUT2D eigenvalue weighted by molar-refractivity contribution is 5.96. The van der Waals surface area contributed by atoms with Gasteiger partial charge in [-0.3, -0.25) is 4.79 Å². The van der Waals surface area contributed by atoms with Crippen LogP contribution >= 0.6 is 0 Å². The number of Topliss-reactive ketones (excluding diaryl/α,β-unsaturated/α-hetero) is 1. The summed E-state index contributed by atoms with van der Waals surface area (Å²) in [7, 11) is 1.66. The molecule has 158 valence electrons. The molecule has 1 atom stereocenters. The molecule has 3 aromatic carbocycles. The van der Waals surface area contributed by atoms with Crippen LogP contribution in [0.2, 0.25) is 0 Å². The summed E-state index contributed by atoms with van der Waals surface area (Å²) in [6, 6.07) is 26.1. The van der Waals surface area contributed by atoms with Crippen molar-refractivity contribution in [3.63, 3.8) is 0 Å². The second-order valence-corrected chi connectivity index (χ2v) is 7.94. The second-order valence-electron chi connectivity index (χ2n) is 7.94. The van der Waals surface area contributed by atoms with E-state index in [9.17, 15) is 4.79 Å². The second kappa shape index (κ2) is 11.1. The Labute approximate surface area is 185 Å². The van der Waals surface area contributed by atoms with Crippen molar-refractivity contribution in [2.45, 2.75) is 32.1 Å². The van der Waals surface area contributed by atoms with Crippen molar-refractivity contribution in [3.05, 3.63) is 119 Å². The van der Waals surface area contributed by atoms with Gasteiger partial charge in [-0.15, -0.1) is 0 Å². The molecule has 1 unspecified atom stereocenters. The molecule has 0 radical (unpaired) electrons. The minimum Gasteiger partial charge on any atom is -0.497 e. The van der Waals surface area contributed by atoms with Crippen LogP contribution in [0.1, 0.15) is 59.2 Å². The number of hydrogen-bond acceptors (Lipinski definition) is 2. The van der Waals surface area contributed by atoms with Crippen LogP contribution < -0.4 is 4.74 Å². The van der Waals surface area contributed by atoms with Gasteiger partial charge in [0.25, 0.3) is 0 Å². The number of carbonyl (C=O) groups excluding carboxylic acids is 1. The van der Waals surface area contributed by atoms with Crippen LogP contribution in [-0.2, 0) is 0 Å². The van der Waals surface area contributed by atoms with Gasteiger partial charge in [0.2, 0.25) is 0 Å². The first kappa shape index (κ1) is 22.3. The molecule has 0 aliphatic rings. The Morgan fingerprint density at radius 2 is 1.48 bits per heavy atom. The highest BCUT2D eigenvalue weighted by Crippen LogP contribution is 2.26. The number of rotatable bonds is 9. The summed E-state index contributed by atoms with van der Waals surface area (Å²) < 4.78 is 5.20. The minimum atomic E-state index is 0.0226. The van der Waals surface area contributed by atoms with Crippen LogP contribution in [0.4, 0.5) is 0 Å². The zero-order valence-electron chi connectivity index (χ0n) is 18.5. The van der Waals surface area contributed by atoms with Crippen molar-refractivity contribution < 1.29 is 9.53 Å². The smallest absolute Gasteiger partial charge is 0.163 e. The van der Waals surface area contributed by atoms with E-state index < -0.39 is 0 Å². The Bertz CT molecular complexity index is 1010. The predicted molar refractivity (Wildman–Crippen MR) is 130 cm³/mol. The molecule has 0 fully saturated rings. The third-order valence-corrected chi connectivity index (χ3v) is 5.39. The van der Waals surface area contributed by atoms with Gasteiger partial charge in [-0.25, -0.2) is 0 Å². The number of benzene rings is 3. The van der Waals surface area contributed by atoms with Crippen molar-refractivity contribution in [2.24, 2.45) is 0 Å². The summed E-state index contributed by atoms with van der Waals surface area (Å²) in [6.45, 7) is 4.38. The maximum absolute atomic E-state index is 12.9. The fourth-order valence-electron chi connectivity index (χ4n) is 3.45. The Morgan fingerprint density at radius 3 is 2.10 bits per heavy atom. The Morgan fingerprint density at radius 1 is 0.839 bits per heavy atom. The summed E-state index contributed by atoms with van der Waals surface area (Å²) in [5.41, 5.74) is 4.32. The average Bonchev–Trinajstić information content (AvgIpc) is 2.82. The molecule has 0 saturated carbocycles. The van der Waals surface area contributed by atoms with Crippen molar-refractivity contribution in [1.29, 1.82) is 0 Å². The van der Waals surface area contributed by atoms with E-state index >= 15 is 0 Å². The average molecular weight is 411 g/mol. The SMILES string of the molecule is COc1ccc(/C=C/C=C/C(CC(=O)c2ccccc2)c2ccc(C(C)C)cc2)cc1. The lowest BCUT2D eigenvalue weighted by atomic mass is 9.89. The fraction of sp³-hybridized carbons (Fsp3) is 0.207. The first-order valence-corrected chi connectivity index (χ1v) is 10.7. The molecule has 31 heavy (non-hydrogen) atoms. The van der Waals surface area contributed by atoms with Crippen molar-refractivity contribution in [2.75, 3.05) is 7.11 Å². The zero-order valence-corrected chi connectivity index (χ0v) is 18.5. The van der Waals surface area contributed by atoms with E-state index in [0.717, 1.165) is 22.4 Å². The van der Waals surface area contributed by atoms with E-state index in [-0.39, 0.29) is 11.7 Å². The first-order valence-electron chi connectivity index (χ1n) is 10.7. The molecule has 0 aromatic heterocycles. The Balaban J connectivity index is 1.77. The number of carbonyl (C=O) groups is 1. The molecule has 3 aromatic rings. The molecule has 0 heterocycles. The van der Waals surface area contributed by atoms with Crippen molar-refractivity contribution in [1.82, 2.24) is 0 Å². The van der Waals surface area contributed by atoms with E-state index in [2.05, 4.69) is 44.2 Å². The van der Waals surface area contributed by atoms with Crippen molar-refractivity contribution >= 4 is 11.9 Å². The molecule has 0 spiro atoms. The summed E-state index contributed by atoms with van der Waals surface area (Å²) in [6.07, 6.45) is 8.66. The molecule has 0 N–H and O–H groups in total. The van der Waals surface area contributed by atoms with E-state index in [4.69, 9.17) is 4.74 Å². The number of allylic oxidation sites excluding steroid dienone is 3. The van der Waals surface area contributed by atoms with Crippen LogP contribution in [0.15, 0.2) is 97.1 Å². The predicted octanol–water partition coefficient (Wildman–Crippen LogP) is 7.44. The van der Waals surface area contributed by atoms with Crippen molar-refractivity contribution in [3.8, 4) is 5.75 Å². The van der Waals surface area contributed by atoms with Gasteiger partial charge in [0.1, 0.15) is 5.75 Å². The first-order chi connectivity index (χ1) is 15.1. The molecule has 2 heteroatoms. The van der Waals surface area contributed by atoms with E-state index in [1.807, 2.05) is 72.8 Å². The third kappa shape index (κ3) is 6.55. The quantitative estimate of drug-likeness (QED) is 0.270. The topological polar surface area (TPSA) is 26.3 Å². The lowest BCUT2D eigenvalue weighted by Crippen LogP contribution is -2.06. The van der Waals surface area contributed by atoms with Crippen LogP contribution in [0.5, 0.6) is 5.75 Å². The third-order valence-electron chi connectivity index (χ3n) is 5.39. The van der Waals surface area contributed by atoms with Gasteiger partial charge in [0.05, 0.1) is 7.11 Å². The molecular formula is C29H30O2. The highest BCUT2D eigenvalue weighted by Gasteiger charge is 2.15. The van der Waals surface area contributed by atoms with Gasteiger partial charge in [0.15, 0.2) is 5.78 Å². The molecule has 3 rings (SSSR count). The van der Waals surface area contributed by atoms with E-state index in [1.165, 1.54) is 5.56 Å². The fourth-order valence-corrected chi connectivity index (χ4v) is 3.45. The van der Waals surface area contributed by atoms with Gasteiger partial charge in [-0.2, -0.15) is 0 Å². The standard InChI is InChI=1S/C29H30O2/c1-22(2)24-15-17-25(18-16-24)27(21-29(30)26-10-5-4-6-11-26)12-8-7-9-23-13-19-28(31-3)20-14-23/h4-20,22,27H,21H2,1-3H3/b9-7+,12-8+. The monoisotopic (exact) mass is 410 g/mol. The van der Waals surface area contributed by atoms with Crippen LogP contribution in [0.25, 0.3) is 6.08 Å². The van der Waals surface area contributed by atoms with Gasteiger partial charge < -0.3 is 4.74 Å². The minimum absolute atomic E-state index is 0.0226. The highest BCUT2D eigenvalue weighted by atomic mass is 16.5. The molecule has 2 nitrogen and oxygen atoms in total. The van der Waals surface area contributed by atoms with Gasteiger partial charge >= 0.3 is 0 Å². The van der Waals surface area contributed by atoms with Crippen LogP contribution in [0, 0.1) is 0 Å². The summed E-state index contributed by atoms with van der Waals surface area (Å²) in [5, 5.41) is 0.